The first-order valence-corrected chi connectivity index (χ1v) is 5.15. The number of rotatable bonds is 5. The number of benzene rings is 1. The van der Waals surface area contributed by atoms with Crippen LogP contribution >= 0.6 is 0 Å². The molecule has 1 heterocycles. The quantitative estimate of drug-likeness (QED) is 0.562. The SMILES string of the molecule is COc1cccc(OCCC#N)c1C1CO1. The van der Waals surface area contributed by atoms with E-state index >= 15 is 0 Å². The van der Waals surface area contributed by atoms with Crippen LogP contribution in [-0.4, -0.2) is 20.3 Å². The van der Waals surface area contributed by atoms with Crippen molar-refractivity contribution in [3.63, 3.8) is 0 Å². The van der Waals surface area contributed by atoms with E-state index in [2.05, 4.69) is 0 Å². The lowest BCUT2D eigenvalue weighted by molar-refractivity contribution is 0.310. The van der Waals surface area contributed by atoms with Crippen LogP contribution in [0.25, 0.3) is 0 Å². The molecule has 0 N–H and O–H groups in total. The Balaban J connectivity index is 2.18. The topological polar surface area (TPSA) is 54.8 Å². The van der Waals surface area contributed by atoms with Gasteiger partial charge in [-0.15, -0.1) is 0 Å². The molecule has 0 aromatic heterocycles. The molecule has 0 saturated carbocycles. The number of hydrogen-bond acceptors (Lipinski definition) is 4. The third-order valence-corrected chi connectivity index (χ3v) is 2.37. The molecule has 1 saturated heterocycles. The molecule has 1 fully saturated rings. The lowest BCUT2D eigenvalue weighted by atomic mass is 10.1. The zero-order valence-corrected chi connectivity index (χ0v) is 9.10. The molecule has 0 bridgehead atoms. The van der Waals surface area contributed by atoms with E-state index in [0.717, 1.165) is 17.1 Å². The van der Waals surface area contributed by atoms with Gasteiger partial charge in [-0.2, -0.15) is 5.26 Å². The first kappa shape index (κ1) is 10.8. The maximum absolute atomic E-state index is 8.46. The van der Waals surface area contributed by atoms with E-state index in [1.807, 2.05) is 24.3 Å². The van der Waals surface area contributed by atoms with Gasteiger partial charge in [-0.05, 0) is 12.1 Å². The van der Waals surface area contributed by atoms with Gasteiger partial charge >= 0.3 is 0 Å². The normalized spacial score (nSPS) is 17.6. The van der Waals surface area contributed by atoms with Crippen LogP contribution in [0, 0.1) is 11.3 Å². The summed E-state index contributed by atoms with van der Waals surface area (Å²) < 4.78 is 16.1. The van der Waals surface area contributed by atoms with Crippen molar-refractivity contribution in [3.05, 3.63) is 23.8 Å². The Bertz CT molecular complexity index is 407. The number of nitriles is 1. The molecular weight excluding hydrogens is 206 g/mol. The highest BCUT2D eigenvalue weighted by Gasteiger charge is 2.31. The van der Waals surface area contributed by atoms with E-state index in [0.29, 0.717) is 19.6 Å². The van der Waals surface area contributed by atoms with E-state index in [1.165, 1.54) is 0 Å². The summed E-state index contributed by atoms with van der Waals surface area (Å²) in [6.45, 7) is 1.10. The average Bonchev–Trinajstić information content (AvgIpc) is 3.13. The molecule has 4 heteroatoms. The predicted octanol–water partition coefficient (Wildman–Crippen LogP) is 2.06. The zero-order chi connectivity index (χ0) is 11.4. The molecule has 2 rings (SSSR count). The molecule has 16 heavy (non-hydrogen) atoms. The van der Waals surface area contributed by atoms with E-state index < -0.39 is 0 Å². The van der Waals surface area contributed by atoms with Gasteiger partial charge in [-0.1, -0.05) is 6.07 Å². The van der Waals surface area contributed by atoms with Crippen LogP contribution in [0.1, 0.15) is 18.1 Å². The highest BCUT2D eigenvalue weighted by atomic mass is 16.6. The fraction of sp³-hybridized carbons (Fsp3) is 0.417. The minimum Gasteiger partial charge on any atom is -0.496 e. The molecular formula is C12H13NO3. The Labute approximate surface area is 94.3 Å². The van der Waals surface area contributed by atoms with Gasteiger partial charge in [-0.25, -0.2) is 0 Å². The first-order chi connectivity index (χ1) is 7.86. The van der Waals surface area contributed by atoms with Gasteiger partial charge in [0.15, 0.2) is 0 Å². The van der Waals surface area contributed by atoms with E-state index in [4.69, 9.17) is 19.5 Å². The molecule has 1 aliphatic heterocycles. The highest BCUT2D eigenvalue weighted by Crippen LogP contribution is 2.42. The first-order valence-electron chi connectivity index (χ1n) is 5.15. The van der Waals surface area contributed by atoms with Crippen molar-refractivity contribution in [1.29, 1.82) is 5.26 Å². The summed E-state index contributed by atoms with van der Waals surface area (Å²) >= 11 is 0. The summed E-state index contributed by atoms with van der Waals surface area (Å²) in [4.78, 5) is 0. The number of epoxide rings is 1. The molecule has 1 unspecified atom stereocenters. The molecule has 0 aliphatic carbocycles. The second-order valence-electron chi connectivity index (χ2n) is 3.45. The van der Waals surface area contributed by atoms with Gasteiger partial charge in [0.05, 0.1) is 31.8 Å². The van der Waals surface area contributed by atoms with Crippen LogP contribution in [0.4, 0.5) is 0 Å². The van der Waals surface area contributed by atoms with Crippen molar-refractivity contribution < 1.29 is 14.2 Å². The molecule has 1 aromatic rings. The molecule has 1 atom stereocenters. The van der Waals surface area contributed by atoms with Crippen LogP contribution in [0.5, 0.6) is 11.5 Å². The number of ether oxygens (including phenoxy) is 3. The smallest absolute Gasteiger partial charge is 0.128 e. The van der Waals surface area contributed by atoms with Crippen LogP contribution in [0.15, 0.2) is 18.2 Å². The highest BCUT2D eigenvalue weighted by molar-refractivity contribution is 5.47. The molecule has 4 nitrogen and oxygen atoms in total. The Morgan fingerprint density at radius 3 is 2.88 bits per heavy atom. The van der Waals surface area contributed by atoms with Gasteiger partial charge in [0, 0.05) is 0 Å². The summed E-state index contributed by atoms with van der Waals surface area (Å²) in [5, 5.41) is 8.46. The van der Waals surface area contributed by atoms with Crippen molar-refractivity contribution >= 4 is 0 Å². The second-order valence-corrected chi connectivity index (χ2v) is 3.45. The van der Waals surface area contributed by atoms with Crippen molar-refractivity contribution in [2.24, 2.45) is 0 Å². The minimum absolute atomic E-state index is 0.0771. The fourth-order valence-electron chi connectivity index (χ4n) is 1.57. The third kappa shape index (κ3) is 2.26. The van der Waals surface area contributed by atoms with Crippen molar-refractivity contribution in [3.8, 4) is 17.6 Å². The Morgan fingerprint density at radius 2 is 2.25 bits per heavy atom. The molecule has 0 radical (unpaired) electrons. The lowest BCUT2D eigenvalue weighted by Crippen LogP contribution is -2.01. The van der Waals surface area contributed by atoms with E-state index in [9.17, 15) is 0 Å². The second kappa shape index (κ2) is 4.86. The maximum atomic E-state index is 8.46. The maximum Gasteiger partial charge on any atom is 0.128 e. The van der Waals surface area contributed by atoms with Crippen LogP contribution < -0.4 is 9.47 Å². The fourth-order valence-corrected chi connectivity index (χ4v) is 1.57. The lowest BCUT2D eigenvalue weighted by Gasteiger charge is -2.12. The van der Waals surface area contributed by atoms with Crippen LogP contribution in [-0.2, 0) is 4.74 Å². The van der Waals surface area contributed by atoms with Gasteiger partial charge in [0.2, 0.25) is 0 Å². The summed E-state index contributed by atoms with van der Waals surface area (Å²) in [5.74, 6) is 1.52. The number of methoxy groups -OCH3 is 1. The summed E-state index contributed by atoms with van der Waals surface area (Å²) in [5.41, 5.74) is 0.947. The molecule has 1 aromatic carbocycles. The van der Waals surface area contributed by atoms with Gasteiger partial charge in [-0.3, -0.25) is 0 Å². The van der Waals surface area contributed by atoms with Gasteiger partial charge in [0.1, 0.15) is 24.2 Å². The van der Waals surface area contributed by atoms with Crippen molar-refractivity contribution in [1.82, 2.24) is 0 Å². The molecule has 0 spiro atoms. The molecule has 1 aliphatic rings. The van der Waals surface area contributed by atoms with E-state index in [-0.39, 0.29) is 6.10 Å². The van der Waals surface area contributed by atoms with Gasteiger partial charge in [0.25, 0.3) is 0 Å². The monoisotopic (exact) mass is 219 g/mol. The van der Waals surface area contributed by atoms with Crippen LogP contribution in [0.2, 0.25) is 0 Å². The predicted molar refractivity (Wildman–Crippen MR) is 57.4 cm³/mol. The summed E-state index contributed by atoms with van der Waals surface area (Å²) in [7, 11) is 1.63. The Hall–Kier alpha value is -1.73. The van der Waals surface area contributed by atoms with Gasteiger partial charge < -0.3 is 14.2 Å². The molecule has 84 valence electrons. The van der Waals surface area contributed by atoms with Crippen LogP contribution in [0.3, 0.4) is 0 Å². The Kier molecular flexibility index (Phi) is 3.28. The third-order valence-electron chi connectivity index (χ3n) is 2.37. The standard InChI is InChI=1S/C12H13NO3/c1-14-9-4-2-5-10(15-7-3-6-13)12(9)11-8-16-11/h2,4-5,11H,3,7-8H2,1H3. The minimum atomic E-state index is 0.0771. The summed E-state index contributed by atoms with van der Waals surface area (Å²) in [6, 6.07) is 7.67. The zero-order valence-electron chi connectivity index (χ0n) is 9.10. The Morgan fingerprint density at radius 1 is 1.50 bits per heavy atom. The largest absolute Gasteiger partial charge is 0.496 e. The average molecular weight is 219 g/mol. The summed E-state index contributed by atoms with van der Waals surface area (Å²) in [6.07, 6.45) is 0.454. The number of nitrogens with zero attached hydrogens (tertiary/aromatic N) is 1. The number of hydrogen-bond donors (Lipinski definition) is 0. The molecule has 0 amide bonds. The van der Waals surface area contributed by atoms with Crippen molar-refractivity contribution in [2.45, 2.75) is 12.5 Å². The van der Waals surface area contributed by atoms with E-state index in [1.54, 1.807) is 7.11 Å². The van der Waals surface area contributed by atoms with Crippen molar-refractivity contribution in [2.75, 3.05) is 20.3 Å².